The number of thiocarbonyl (C=S) groups is 1. The minimum Gasteiger partial charge on any atom is -0.480 e. The summed E-state index contributed by atoms with van der Waals surface area (Å²) in [4.78, 5) is 40.5. The molecule has 8 nitrogen and oxygen atoms in total. The summed E-state index contributed by atoms with van der Waals surface area (Å²) in [5, 5.41) is 18.7. The van der Waals surface area contributed by atoms with Crippen LogP contribution in [0.5, 0.6) is 0 Å². The highest BCUT2D eigenvalue weighted by Crippen LogP contribution is 2.36. The number of carbonyl (C=O) groups is 2. The molecule has 1 aromatic heterocycles. The molecule has 0 radical (unpaired) electrons. The van der Waals surface area contributed by atoms with Crippen molar-refractivity contribution in [3.05, 3.63) is 31.9 Å². The lowest BCUT2D eigenvalue weighted by atomic mass is 10.0. The van der Waals surface area contributed by atoms with Crippen molar-refractivity contribution in [2.24, 2.45) is 0 Å². The first-order valence-corrected chi connectivity index (χ1v) is 11.4. The molecule has 1 N–H and O–H groups in total. The number of carboxylic acids is 1. The number of pyridine rings is 1. The highest BCUT2D eigenvalue weighted by atomic mass is 32.2. The molecular weight excluding hydrogens is 436 g/mol. The number of aliphatic carboxylic acids is 1. The van der Waals surface area contributed by atoms with E-state index in [-0.39, 0.29) is 20.3 Å². The fraction of sp³-hybridized carbons (Fsp3) is 0.476. The Labute approximate surface area is 190 Å². The van der Waals surface area contributed by atoms with Crippen LogP contribution in [0.1, 0.15) is 49.3 Å². The quantitative estimate of drug-likeness (QED) is 0.510. The first kappa shape index (κ1) is 23.0. The van der Waals surface area contributed by atoms with Crippen LogP contribution in [0.3, 0.4) is 0 Å². The van der Waals surface area contributed by atoms with Crippen molar-refractivity contribution < 1.29 is 14.7 Å². The summed E-state index contributed by atoms with van der Waals surface area (Å²) >= 11 is 6.24. The Morgan fingerprint density at radius 2 is 1.97 bits per heavy atom. The maximum atomic E-state index is 13.1. The van der Waals surface area contributed by atoms with Crippen LogP contribution >= 0.6 is 24.0 Å². The monoisotopic (exact) mass is 460 g/mol. The van der Waals surface area contributed by atoms with Gasteiger partial charge in [-0.3, -0.25) is 23.9 Å². The van der Waals surface area contributed by atoms with E-state index in [2.05, 4.69) is 4.90 Å². The zero-order valence-electron chi connectivity index (χ0n) is 17.5. The summed E-state index contributed by atoms with van der Waals surface area (Å²) in [6.45, 7) is 5.21. The van der Waals surface area contributed by atoms with Crippen LogP contribution in [0.4, 0.5) is 5.82 Å². The number of nitriles is 1. The Bertz CT molecular complexity index is 1060. The van der Waals surface area contributed by atoms with E-state index in [0.29, 0.717) is 23.5 Å². The molecule has 2 aliphatic rings. The predicted octanol–water partition coefficient (Wildman–Crippen LogP) is 2.71. The van der Waals surface area contributed by atoms with Gasteiger partial charge < -0.3 is 10.0 Å². The van der Waals surface area contributed by atoms with E-state index in [0.717, 1.165) is 55.4 Å². The van der Waals surface area contributed by atoms with E-state index in [1.54, 1.807) is 17.6 Å². The number of hydrogen-bond acceptors (Lipinski definition) is 7. The van der Waals surface area contributed by atoms with Crippen LogP contribution in [-0.2, 0) is 16.1 Å². The van der Waals surface area contributed by atoms with E-state index in [1.807, 2.05) is 13.0 Å². The molecule has 2 fully saturated rings. The molecule has 1 aromatic rings. The highest BCUT2D eigenvalue weighted by Gasteiger charge is 2.34. The van der Waals surface area contributed by atoms with Gasteiger partial charge in [0.1, 0.15) is 28.3 Å². The molecule has 0 atom stereocenters. The maximum Gasteiger partial charge on any atom is 0.323 e. The third-order valence-electron chi connectivity index (χ3n) is 5.39. The van der Waals surface area contributed by atoms with Gasteiger partial charge in [-0.2, -0.15) is 5.26 Å². The Kier molecular flexibility index (Phi) is 7.18. The first-order valence-electron chi connectivity index (χ1n) is 10.2. The number of hydrogen-bond donors (Lipinski definition) is 1. The van der Waals surface area contributed by atoms with Crippen LogP contribution in [-0.4, -0.2) is 50.4 Å². The Morgan fingerprint density at radius 1 is 1.29 bits per heavy atom. The van der Waals surface area contributed by atoms with E-state index >= 15 is 0 Å². The summed E-state index contributed by atoms with van der Waals surface area (Å²) in [6, 6.07) is 2.03. The van der Waals surface area contributed by atoms with Crippen molar-refractivity contribution in [2.45, 2.75) is 46.1 Å². The van der Waals surface area contributed by atoms with Gasteiger partial charge in [0.25, 0.3) is 11.5 Å². The normalized spacial score (nSPS) is 18.0. The van der Waals surface area contributed by atoms with Gasteiger partial charge in [0.05, 0.1) is 4.91 Å². The van der Waals surface area contributed by atoms with E-state index in [4.69, 9.17) is 17.3 Å². The third kappa shape index (κ3) is 4.52. The third-order valence-corrected chi connectivity index (χ3v) is 6.77. The molecule has 3 heterocycles. The molecule has 0 aliphatic carbocycles. The smallest absolute Gasteiger partial charge is 0.323 e. The van der Waals surface area contributed by atoms with Gasteiger partial charge in [-0.1, -0.05) is 30.9 Å². The number of aromatic nitrogens is 1. The second-order valence-corrected chi connectivity index (χ2v) is 9.19. The largest absolute Gasteiger partial charge is 0.480 e. The number of rotatable bonds is 6. The van der Waals surface area contributed by atoms with Crippen LogP contribution in [0.2, 0.25) is 0 Å². The number of carbonyl (C=O) groups excluding carboxylic acids is 1. The zero-order chi connectivity index (χ0) is 22.7. The van der Waals surface area contributed by atoms with Gasteiger partial charge in [-0.05, 0) is 44.2 Å². The standard InChI is InChI=1S/C21H24N4O4S2/c1-3-7-24-18(23-8-5-4-6-9-23)14(13(2)15(11-22)19(24)28)10-16-20(29)25(12-17(26)27)21(30)31-16/h10H,3-9,12H2,1-2H3,(H,26,27). The second kappa shape index (κ2) is 9.66. The molecule has 2 aliphatic heterocycles. The van der Waals surface area contributed by atoms with Crippen molar-refractivity contribution >= 4 is 52.1 Å². The van der Waals surface area contributed by atoms with Crippen LogP contribution in [0.15, 0.2) is 9.70 Å². The number of carboxylic acid groups (broad SMARTS) is 1. The van der Waals surface area contributed by atoms with Crippen molar-refractivity contribution in [3.63, 3.8) is 0 Å². The van der Waals surface area contributed by atoms with Crippen LogP contribution in [0.25, 0.3) is 6.08 Å². The van der Waals surface area contributed by atoms with Gasteiger partial charge in [0.2, 0.25) is 0 Å². The lowest BCUT2D eigenvalue weighted by Gasteiger charge is -2.33. The zero-order valence-corrected chi connectivity index (χ0v) is 19.1. The molecule has 3 rings (SSSR count). The molecule has 1 amide bonds. The summed E-state index contributed by atoms with van der Waals surface area (Å²) in [6.07, 6.45) is 5.49. The van der Waals surface area contributed by atoms with E-state index in [9.17, 15) is 19.6 Å². The average molecular weight is 461 g/mol. The van der Waals surface area contributed by atoms with Gasteiger partial charge >= 0.3 is 5.97 Å². The predicted molar refractivity (Wildman–Crippen MR) is 124 cm³/mol. The molecule has 31 heavy (non-hydrogen) atoms. The van der Waals surface area contributed by atoms with Gasteiger partial charge in [0, 0.05) is 25.2 Å². The van der Waals surface area contributed by atoms with Crippen LogP contribution < -0.4 is 10.5 Å². The molecule has 0 bridgehead atoms. The Balaban J connectivity index is 2.22. The molecule has 0 unspecified atom stereocenters. The van der Waals surface area contributed by atoms with Crippen molar-refractivity contribution in [1.82, 2.24) is 9.47 Å². The summed E-state index contributed by atoms with van der Waals surface area (Å²) in [7, 11) is 0. The maximum absolute atomic E-state index is 13.1. The molecule has 2 saturated heterocycles. The topological polar surface area (TPSA) is 107 Å². The van der Waals surface area contributed by atoms with E-state index in [1.165, 1.54) is 0 Å². The molecule has 0 saturated carbocycles. The molecule has 0 spiro atoms. The minimum atomic E-state index is -1.15. The number of nitrogens with zero attached hydrogens (tertiary/aromatic N) is 4. The summed E-state index contributed by atoms with van der Waals surface area (Å²) < 4.78 is 1.82. The number of anilines is 1. The average Bonchev–Trinajstić information content (AvgIpc) is 2.99. The highest BCUT2D eigenvalue weighted by molar-refractivity contribution is 8.26. The van der Waals surface area contributed by atoms with Crippen LogP contribution in [0, 0.1) is 18.3 Å². The fourth-order valence-corrected chi connectivity index (χ4v) is 5.16. The van der Waals surface area contributed by atoms with Gasteiger partial charge in [-0.15, -0.1) is 0 Å². The Hall–Kier alpha value is -2.64. The molecule has 164 valence electrons. The SMILES string of the molecule is CCCn1c(N2CCCCC2)c(C=C2SC(=S)N(CC(=O)O)C2=O)c(C)c(C#N)c1=O. The van der Waals surface area contributed by atoms with E-state index < -0.39 is 18.4 Å². The number of piperidine rings is 1. The summed E-state index contributed by atoms with van der Waals surface area (Å²) in [5.74, 6) is -0.911. The number of amides is 1. The second-order valence-electron chi connectivity index (χ2n) is 7.52. The molecular formula is C21H24N4O4S2. The van der Waals surface area contributed by atoms with Gasteiger partial charge in [0.15, 0.2) is 0 Å². The lowest BCUT2D eigenvalue weighted by molar-refractivity contribution is -0.140. The van der Waals surface area contributed by atoms with Gasteiger partial charge in [-0.25, -0.2) is 0 Å². The van der Waals surface area contributed by atoms with Crippen molar-refractivity contribution in [1.29, 1.82) is 5.26 Å². The minimum absolute atomic E-state index is 0.0569. The van der Waals surface area contributed by atoms with Crippen molar-refractivity contribution in [3.8, 4) is 6.07 Å². The lowest BCUT2D eigenvalue weighted by Crippen LogP contribution is -2.37. The number of thioether (sulfide) groups is 1. The van der Waals surface area contributed by atoms with Crippen molar-refractivity contribution in [2.75, 3.05) is 24.5 Å². The fourth-order valence-electron chi connectivity index (χ4n) is 3.92. The Morgan fingerprint density at radius 3 is 2.55 bits per heavy atom. The molecule has 10 heteroatoms. The summed E-state index contributed by atoms with van der Waals surface area (Å²) in [5.41, 5.74) is 0.894. The first-order chi connectivity index (χ1) is 14.8. The molecule has 0 aromatic carbocycles.